The zero-order chi connectivity index (χ0) is 32.8. The van der Waals surface area contributed by atoms with Gasteiger partial charge in [0, 0.05) is 33.0 Å². The van der Waals surface area contributed by atoms with Gasteiger partial charge in [0.1, 0.15) is 0 Å². The quantitative estimate of drug-likeness (QED) is 0.106. The van der Waals surface area contributed by atoms with Crippen molar-refractivity contribution in [3.8, 4) is 0 Å². The molecule has 0 spiro atoms. The van der Waals surface area contributed by atoms with Gasteiger partial charge in [-0.05, 0) is 94.4 Å². The monoisotopic (exact) mass is 624 g/mol. The summed E-state index contributed by atoms with van der Waals surface area (Å²) in [6.07, 6.45) is 0.955. The summed E-state index contributed by atoms with van der Waals surface area (Å²) >= 11 is 0. The summed E-state index contributed by atoms with van der Waals surface area (Å²) in [6.45, 7) is 3.66. The molecule has 2 aliphatic rings. The third kappa shape index (κ3) is 3.86. The Morgan fingerprint density at radius 1 is 0.396 bits per heavy atom. The molecule has 6 heteroatoms. The third-order valence-corrected chi connectivity index (χ3v) is 10.0. The Bertz CT molecular complexity index is 2220. The molecule has 0 bridgehead atoms. The molecule has 2 radical (unpaired) electrons. The van der Waals surface area contributed by atoms with Crippen LogP contribution in [0.2, 0.25) is 0 Å². The van der Waals surface area contributed by atoms with Crippen LogP contribution >= 0.6 is 0 Å². The Kier molecular flexibility index (Phi) is 6.09. The van der Waals surface area contributed by atoms with Crippen molar-refractivity contribution >= 4 is 66.7 Å². The minimum absolute atomic E-state index is 0.334. The molecule has 2 aliphatic heterocycles. The molecule has 230 valence electrons. The Hall–Kier alpha value is -5.88. The van der Waals surface area contributed by atoms with Crippen LogP contribution in [-0.4, -0.2) is 33.4 Å². The molecule has 0 saturated carbocycles. The van der Waals surface area contributed by atoms with Gasteiger partial charge in [-0.1, -0.05) is 84.9 Å². The summed E-state index contributed by atoms with van der Waals surface area (Å²) in [5.74, 6) is -1.34. The van der Waals surface area contributed by atoms with Crippen LogP contribution in [0.4, 0.5) is 0 Å². The largest absolute Gasteiger partial charge is 0.269 e. The fraction of sp³-hybridized carbons (Fsp3) is 0.0952. The number of carbonyl (C=O) groups excluding carboxylic acids is 4. The highest BCUT2D eigenvalue weighted by molar-refractivity contribution is 6.41. The van der Waals surface area contributed by atoms with Crippen LogP contribution in [0.15, 0.2) is 109 Å². The number of nitrogens with zero attached hydrogens (tertiary/aromatic N) is 2. The number of hydrogen-bond acceptors (Lipinski definition) is 4. The molecule has 0 aliphatic carbocycles. The van der Waals surface area contributed by atoms with Crippen LogP contribution in [0, 0.1) is 12.1 Å². The van der Waals surface area contributed by atoms with Crippen molar-refractivity contribution in [2.75, 3.05) is 0 Å². The van der Waals surface area contributed by atoms with Gasteiger partial charge in [0.25, 0.3) is 23.6 Å². The van der Waals surface area contributed by atoms with E-state index in [9.17, 15) is 19.2 Å². The van der Waals surface area contributed by atoms with E-state index in [0.717, 1.165) is 43.4 Å². The SMILES string of the molecule is C[C](Cc1ccccc1)N1C(=O)c2ccc3c4ccc5c6c(ccc(c7ccc(c2c37)C1=O)c64)C(=O)N([C](C)Cc1ccccc1)C5=O. The zero-order valence-corrected chi connectivity index (χ0v) is 26.3. The van der Waals surface area contributed by atoms with Gasteiger partial charge in [-0.2, -0.15) is 0 Å². The standard InChI is InChI=1S/C42H28N2O4/c1-23(21-25-9-5-3-6-10-25)43-39(45)31-17-13-27-29-15-19-33-38-34(42(48)44(41(33)47)24(2)22-26-11-7-4-8-12-26)20-16-30(36(29)38)28-14-18-32(40(43)46)37(31)35(27)28/h3-20H,21-22H2,1-2H3. The maximum Gasteiger partial charge on any atom is 0.262 e. The zero-order valence-electron chi connectivity index (χ0n) is 26.3. The first-order valence-electron chi connectivity index (χ1n) is 16.0. The van der Waals surface area contributed by atoms with E-state index in [1.54, 1.807) is 0 Å². The van der Waals surface area contributed by atoms with Gasteiger partial charge in [-0.15, -0.1) is 0 Å². The van der Waals surface area contributed by atoms with Crippen molar-refractivity contribution in [3.63, 3.8) is 0 Å². The summed E-state index contributed by atoms with van der Waals surface area (Å²) in [5, 5.41) is 6.45. The van der Waals surface area contributed by atoms with E-state index in [-0.39, 0.29) is 23.6 Å². The Morgan fingerprint density at radius 2 is 0.688 bits per heavy atom. The average Bonchev–Trinajstić information content (AvgIpc) is 3.10. The van der Waals surface area contributed by atoms with E-state index in [2.05, 4.69) is 0 Å². The number of hydrogen-bond donors (Lipinski definition) is 0. The fourth-order valence-corrected chi connectivity index (χ4v) is 7.90. The van der Waals surface area contributed by atoms with Crippen molar-refractivity contribution < 1.29 is 19.2 Å². The minimum atomic E-state index is -0.334. The molecule has 0 fully saturated rings. The second-order valence-electron chi connectivity index (χ2n) is 12.8. The molecule has 4 amide bonds. The van der Waals surface area contributed by atoms with E-state index in [0.29, 0.717) is 58.0 Å². The third-order valence-electron chi connectivity index (χ3n) is 10.0. The Labute approximate surface area is 276 Å². The van der Waals surface area contributed by atoms with E-state index in [4.69, 9.17) is 0 Å². The molecule has 7 aromatic carbocycles. The van der Waals surface area contributed by atoms with Crippen LogP contribution in [0.5, 0.6) is 0 Å². The predicted molar refractivity (Wildman–Crippen MR) is 187 cm³/mol. The molecule has 2 heterocycles. The molecule has 0 N–H and O–H groups in total. The normalized spacial score (nSPS) is 14.7. The van der Waals surface area contributed by atoms with E-state index in [1.807, 2.05) is 123 Å². The van der Waals surface area contributed by atoms with Crippen LogP contribution in [0.3, 0.4) is 0 Å². The lowest BCUT2D eigenvalue weighted by molar-refractivity contribution is 0.0605. The fourth-order valence-electron chi connectivity index (χ4n) is 7.90. The van der Waals surface area contributed by atoms with Gasteiger partial charge in [0.05, 0.1) is 12.1 Å². The molecular formula is C42H28N2O4. The highest BCUT2D eigenvalue weighted by atomic mass is 16.2. The van der Waals surface area contributed by atoms with Gasteiger partial charge >= 0.3 is 0 Å². The minimum Gasteiger partial charge on any atom is -0.269 e. The van der Waals surface area contributed by atoms with Crippen LogP contribution in [0.1, 0.15) is 66.4 Å². The smallest absolute Gasteiger partial charge is 0.262 e. The summed E-state index contributed by atoms with van der Waals surface area (Å²) in [6, 6.07) is 35.9. The van der Waals surface area contributed by atoms with Gasteiger partial charge < -0.3 is 0 Å². The maximum absolute atomic E-state index is 14.0. The Morgan fingerprint density at radius 3 is 0.979 bits per heavy atom. The first-order valence-corrected chi connectivity index (χ1v) is 16.0. The van der Waals surface area contributed by atoms with Crippen LogP contribution in [0.25, 0.3) is 43.1 Å². The highest BCUT2D eigenvalue weighted by Gasteiger charge is 2.39. The average molecular weight is 625 g/mol. The molecular weight excluding hydrogens is 596 g/mol. The van der Waals surface area contributed by atoms with Crippen molar-refractivity contribution in [3.05, 3.63) is 155 Å². The van der Waals surface area contributed by atoms with E-state index >= 15 is 0 Å². The summed E-state index contributed by atoms with van der Waals surface area (Å²) in [7, 11) is 0. The molecule has 0 aromatic heterocycles. The van der Waals surface area contributed by atoms with Crippen molar-refractivity contribution in [2.45, 2.75) is 26.7 Å². The number of benzene rings is 7. The first kappa shape index (κ1) is 28.4. The van der Waals surface area contributed by atoms with Crippen LogP contribution in [-0.2, 0) is 12.8 Å². The summed E-state index contributed by atoms with van der Waals surface area (Å²) < 4.78 is 0. The Balaban J connectivity index is 1.19. The van der Waals surface area contributed by atoms with Crippen LogP contribution < -0.4 is 0 Å². The van der Waals surface area contributed by atoms with Crippen molar-refractivity contribution in [1.82, 2.24) is 9.80 Å². The van der Waals surface area contributed by atoms with Crippen molar-refractivity contribution in [2.24, 2.45) is 0 Å². The molecule has 48 heavy (non-hydrogen) atoms. The topological polar surface area (TPSA) is 74.8 Å². The molecule has 6 nitrogen and oxygen atoms in total. The lowest BCUT2D eigenvalue weighted by Crippen LogP contribution is -2.42. The van der Waals surface area contributed by atoms with Crippen molar-refractivity contribution in [1.29, 1.82) is 0 Å². The molecule has 7 aromatic rings. The lowest BCUT2D eigenvalue weighted by Gasteiger charge is -2.33. The van der Waals surface area contributed by atoms with E-state index < -0.39 is 0 Å². The summed E-state index contributed by atoms with van der Waals surface area (Å²) in [4.78, 5) is 58.7. The second kappa shape index (κ2) is 10.3. The van der Waals surface area contributed by atoms with Gasteiger partial charge in [-0.3, -0.25) is 29.0 Å². The molecule has 9 rings (SSSR count). The predicted octanol–water partition coefficient (Wildman–Crippen LogP) is 8.52. The van der Waals surface area contributed by atoms with Gasteiger partial charge in [0.2, 0.25) is 0 Å². The lowest BCUT2D eigenvalue weighted by atomic mass is 9.82. The van der Waals surface area contributed by atoms with Gasteiger partial charge in [0.15, 0.2) is 0 Å². The number of carbonyl (C=O) groups is 4. The number of imide groups is 2. The number of rotatable bonds is 6. The summed E-state index contributed by atoms with van der Waals surface area (Å²) in [5.41, 5.74) is 3.98. The number of fused-ring (bicyclic) bond motifs is 2. The van der Waals surface area contributed by atoms with E-state index in [1.165, 1.54) is 9.80 Å². The first-order chi connectivity index (χ1) is 23.3. The second-order valence-corrected chi connectivity index (χ2v) is 12.8. The number of amides is 4. The highest BCUT2D eigenvalue weighted by Crippen LogP contribution is 2.47. The molecule has 0 saturated heterocycles. The maximum atomic E-state index is 14.0. The molecule has 0 atom stereocenters. The van der Waals surface area contributed by atoms with Gasteiger partial charge in [-0.25, -0.2) is 0 Å². The molecule has 0 unspecified atom stereocenters.